The quantitative estimate of drug-likeness (QED) is 0.254. The molecule has 0 fully saturated rings. The number of aromatic nitrogens is 2. The minimum absolute atomic E-state index is 0.548. The Bertz CT molecular complexity index is 613. The van der Waals surface area contributed by atoms with Crippen molar-refractivity contribution in [3.8, 4) is 0 Å². The maximum absolute atomic E-state index is 2.48. The number of nitrogens with zero attached hydrogens (tertiary/aromatic N) is 2. The Morgan fingerprint density at radius 2 is 1.41 bits per heavy atom. The molecule has 0 aliphatic heterocycles. The summed E-state index contributed by atoms with van der Waals surface area (Å²) in [6, 6.07) is 10.8. The van der Waals surface area contributed by atoms with Gasteiger partial charge in [0.15, 0.2) is 0 Å². The van der Waals surface area contributed by atoms with E-state index >= 15 is 0 Å². The number of unbranched alkanes of at least 4 members (excludes halogenated alkanes) is 9. The van der Waals surface area contributed by atoms with Crippen LogP contribution in [0.5, 0.6) is 0 Å². The van der Waals surface area contributed by atoms with Gasteiger partial charge in [-0.25, -0.2) is 9.13 Å². The summed E-state index contributed by atoms with van der Waals surface area (Å²) in [6.45, 7) is 9.04. The van der Waals surface area contributed by atoms with Crippen LogP contribution in [0.15, 0.2) is 42.7 Å². The lowest BCUT2D eigenvalue weighted by molar-refractivity contribution is -0.696. The van der Waals surface area contributed by atoms with Gasteiger partial charge in [-0.3, -0.25) is 0 Å². The van der Waals surface area contributed by atoms with Crippen LogP contribution in [0.1, 0.15) is 102 Å². The molecule has 0 amide bonds. The molecule has 27 heavy (non-hydrogen) atoms. The number of benzene rings is 1. The van der Waals surface area contributed by atoms with E-state index in [1.807, 2.05) is 0 Å². The topological polar surface area (TPSA) is 8.81 Å². The van der Waals surface area contributed by atoms with Crippen molar-refractivity contribution in [1.29, 1.82) is 0 Å². The first kappa shape index (κ1) is 21.7. The maximum Gasteiger partial charge on any atom is 0.259 e. The van der Waals surface area contributed by atoms with Gasteiger partial charge in [-0.15, -0.1) is 0 Å². The minimum atomic E-state index is 0.548. The predicted molar refractivity (Wildman–Crippen MR) is 116 cm³/mol. The van der Waals surface area contributed by atoms with Gasteiger partial charge in [-0.1, -0.05) is 102 Å². The summed E-state index contributed by atoms with van der Waals surface area (Å²) in [5, 5.41) is 0. The summed E-state index contributed by atoms with van der Waals surface area (Å²) in [5.41, 5.74) is 1.38. The third-order valence-electron chi connectivity index (χ3n) is 5.48. The van der Waals surface area contributed by atoms with Crippen molar-refractivity contribution in [2.45, 2.75) is 104 Å². The summed E-state index contributed by atoms with van der Waals surface area (Å²) in [6.07, 6.45) is 18.5. The maximum atomic E-state index is 2.48. The highest BCUT2D eigenvalue weighted by molar-refractivity contribution is 5.13. The van der Waals surface area contributed by atoms with Gasteiger partial charge in [0.25, 0.3) is 5.82 Å². The Labute approximate surface area is 167 Å². The van der Waals surface area contributed by atoms with Gasteiger partial charge in [0.1, 0.15) is 18.9 Å². The van der Waals surface area contributed by atoms with E-state index < -0.39 is 0 Å². The molecule has 2 nitrogen and oxygen atoms in total. The van der Waals surface area contributed by atoms with Gasteiger partial charge >= 0.3 is 0 Å². The summed E-state index contributed by atoms with van der Waals surface area (Å²) in [5.74, 6) is 2.00. The fourth-order valence-corrected chi connectivity index (χ4v) is 4.01. The summed E-state index contributed by atoms with van der Waals surface area (Å²) >= 11 is 0. The first-order valence-electron chi connectivity index (χ1n) is 11.3. The van der Waals surface area contributed by atoms with Crippen molar-refractivity contribution in [2.24, 2.45) is 0 Å². The van der Waals surface area contributed by atoms with Crippen molar-refractivity contribution < 1.29 is 4.57 Å². The van der Waals surface area contributed by atoms with E-state index in [0.29, 0.717) is 5.92 Å². The second kappa shape index (κ2) is 12.8. The molecule has 150 valence electrons. The van der Waals surface area contributed by atoms with Crippen LogP contribution in [-0.4, -0.2) is 4.57 Å². The Morgan fingerprint density at radius 1 is 0.815 bits per heavy atom. The van der Waals surface area contributed by atoms with Crippen LogP contribution in [-0.2, 0) is 13.1 Å². The van der Waals surface area contributed by atoms with Crippen molar-refractivity contribution in [2.75, 3.05) is 0 Å². The highest BCUT2D eigenvalue weighted by atomic mass is 15.1. The van der Waals surface area contributed by atoms with Crippen molar-refractivity contribution in [3.63, 3.8) is 0 Å². The fourth-order valence-electron chi connectivity index (χ4n) is 4.01. The molecule has 1 aromatic carbocycles. The highest BCUT2D eigenvalue weighted by Gasteiger charge is 2.20. The molecule has 2 aromatic rings. The zero-order chi connectivity index (χ0) is 19.3. The van der Waals surface area contributed by atoms with Gasteiger partial charge in [0.05, 0.1) is 12.5 Å². The van der Waals surface area contributed by atoms with Crippen LogP contribution in [0.2, 0.25) is 0 Å². The second-order valence-corrected chi connectivity index (χ2v) is 8.30. The Hall–Kier alpha value is -1.57. The van der Waals surface area contributed by atoms with E-state index in [1.54, 1.807) is 0 Å². The molecule has 0 radical (unpaired) electrons. The van der Waals surface area contributed by atoms with Crippen molar-refractivity contribution in [1.82, 2.24) is 4.57 Å². The molecule has 0 N–H and O–H groups in total. The van der Waals surface area contributed by atoms with E-state index in [9.17, 15) is 0 Å². The molecular formula is C25H41N2+. The van der Waals surface area contributed by atoms with Gasteiger partial charge < -0.3 is 0 Å². The zero-order valence-corrected chi connectivity index (χ0v) is 18.0. The van der Waals surface area contributed by atoms with E-state index in [4.69, 9.17) is 0 Å². The molecule has 1 aromatic heterocycles. The van der Waals surface area contributed by atoms with Crippen LogP contribution in [0.4, 0.5) is 0 Å². The van der Waals surface area contributed by atoms with Crippen LogP contribution in [0.3, 0.4) is 0 Å². The lowest BCUT2D eigenvalue weighted by Crippen LogP contribution is -2.38. The molecule has 0 saturated heterocycles. The SMILES string of the molecule is CCCCCCCCCCCCn1cc[n+](Cc2ccccc2)c1C(C)C. The summed E-state index contributed by atoms with van der Waals surface area (Å²) < 4.78 is 4.91. The molecular weight excluding hydrogens is 328 g/mol. The average Bonchev–Trinajstić information content (AvgIpc) is 3.07. The summed E-state index contributed by atoms with van der Waals surface area (Å²) in [4.78, 5) is 0. The summed E-state index contributed by atoms with van der Waals surface area (Å²) in [7, 11) is 0. The van der Waals surface area contributed by atoms with Crippen molar-refractivity contribution >= 4 is 0 Å². The Balaban J connectivity index is 1.71. The van der Waals surface area contributed by atoms with Gasteiger partial charge in [0, 0.05) is 0 Å². The van der Waals surface area contributed by atoms with E-state index in [0.717, 1.165) is 13.1 Å². The number of imidazole rings is 1. The number of aryl methyl sites for hydroxylation is 1. The molecule has 1 heterocycles. The predicted octanol–water partition coefficient (Wildman–Crippen LogP) is 6.87. The Kier molecular flexibility index (Phi) is 10.3. The molecule has 0 spiro atoms. The standard InChI is InChI=1S/C25H41N2/c1-4-5-6-7-8-9-10-11-12-16-19-26-20-21-27(25(26)23(2)3)22-24-17-14-13-15-18-24/h13-15,17-18,20-21,23H,4-12,16,19,22H2,1-3H3/q+1. The first-order valence-corrected chi connectivity index (χ1v) is 11.3. The molecule has 0 aliphatic rings. The lowest BCUT2D eigenvalue weighted by atomic mass is 10.1. The monoisotopic (exact) mass is 369 g/mol. The normalized spacial score (nSPS) is 11.4. The third-order valence-corrected chi connectivity index (χ3v) is 5.48. The highest BCUT2D eigenvalue weighted by Crippen LogP contribution is 2.14. The fraction of sp³-hybridized carbons (Fsp3) is 0.640. The number of hydrogen-bond acceptors (Lipinski definition) is 0. The molecule has 2 rings (SSSR count). The molecule has 2 heteroatoms. The average molecular weight is 370 g/mol. The van der Waals surface area contributed by atoms with E-state index in [1.165, 1.54) is 75.6 Å². The van der Waals surface area contributed by atoms with Gasteiger partial charge in [0.2, 0.25) is 0 Å². The van der Waals surface area contributed by atoms with Crippen LogP contribution < -0.4 is 4.57 Å². The number of rotatable bonds is 14. The molecule has 0 bridgehead atoms. The van der Waals surface area contributed by atoms with Crippen molar-refractivity contribution in [3.05, 3.63) is 54.1 Å². The largest absolute Gasteiger partial charge is 0.259 e. The van der Waals surface area contributed by atoms with Crippen LogP contribution in [0.25, 0.3) is 0 Å². The molecule has 0 aliphatic carbocycles. The van der Waals surface area contributed by atoms with Crippen LogP contribution in [0, 0.1) is 0 Å². The van der Waals surface area contributed by atoms with Crippen LogP contribution >= 0.6 is 0 Å². The van der Waals surface area contributed by atoms with E-state index in [-0.39, 0.29) is 0 Å². The second-order valence-electron chi connectivity index (χ2n) is 8.30. The smallest absolute Gasteiger partial charge is 0.234 e. The minimum Gasteiger partial charge on any atom is -0.234 e. The van der Waals surface area contributed by atoms with Gasteiger partial charge in [-0.2, -0.15) is 0 Å². The molecule has 0 saturated carbocycles. The zero-order valence-electron chi connectivity index (χ0n) is 18.0. The molecule has 0 unspecified atom stereocenters. The van der Waals surface area contributed by atoms with E-state index in [2.05, 4.69) is 72.6 Å². The van der Waals surface area contributed by atoms with Gasteiger partial charge in [-0.05, 0) is 18.4 Å². The molecule has 0 atom stereocenters. The third kappa shape index (κ3) is 7.91. The Morgan fingerprint density at radius 3 is 2.00 bits per heavy atom. The lowest BCUT2D eigenvalue weighted by Gasteiger charge is -2.08. The first-order chi connectivity index (χ1) is 13.2. The number of hydrogen-bond donors (Lipinski definition) is 0.